The topological polar surface area (TPSA) is 88.7 Å². The maximum atomic E-state index is 11.6. The Hall–Kier alpha value is -1.54. The smallest absolute Gasteiger partial charge is 0.329 e. The average Bonchev–Trinajstić information content (AvgIpc) is 2.34. The third-order valence-corrected chi connectivity index (χ3v) is 4.34. The Bertz CT molecular complexity index is 363. The molecule has 22 heavy (non-hydrogen) atoms. The third-order valence-electron chi connectivity index (χ3n) is 4.34. The zero-order valence-corrected chi connectivity index (χ0v) is 14.5. The molecule has 8 heteroatoms. The van der Waals surface area contributed by atoms with Gasteiger partial charge in [-0.3, -0.25) is 10.9 Å². The molecule has 0 aliphatic heterocycles. The number of hydrogen-bond acceptors (Lipinski definition) is 4. The number of carbonyl (C=O) groups is 2. The van der Waals surface area contributed by atoms with Crippen molar-refractivity contribution in [3.05, 3.63) is 0 Å². The molecule has 4 N–H and O–H groups in total. The van der Waals surface area contributed by atoms with Crippen molar-refractivity contribution in [2.24, 2.45) is 17.3 Å². The van der Waals surface area contributed by atoms with Crippen LogP contribution < -0.4 is 21.5 Å². The van der Waals surface area contributed by atoms with E-state index in [2.05, 4.69) is 35.3 Å². The fourth-order valence-corrected chi connectivity index (χ4v) is 2.73. The van der Waals surface area contributed by atoms with Crippen LogP contribution in [-0.2, 0) is 0 Å². The van der Waals surface area contributed by atoms with Crippen molar-refractivity contribution in [1.82, 2.24) is 31.5 Å². The van der Waals surface area contributed by atoms with Crippen LogP contribution in [0.1, 0.15) is 20.3 Å². The van der Waals surface area contributed by atoms with Gasteiger partial charge in [-0.05, 0) is 23.7 Å². The van der Waals surface area contributed by atoms with Gasteiger partial charge in [-0.1, -0.05) is 13.8 Å². The standard InChI is InChI=1S/C14H30N6O2/c1-14(2)10(8-15-12(21)17-19(3)4)7-11(14)9-16-13(22)18-20(5)6/h10-11H,7-9H2,1-6H3,(H2,15,17,21)(H2,16,18,22)/t10-,11+. The van der Waals surface area contributed by atoms with Crippen molar-refractivity contribution in [2.45, 2.75) is 20.3 Å². The lowest BCUT2D eigenvalue weighted by Crippen LogP contribution is -2.56. The summed E-state index contributed by atoms with van der Waals surface area (Å²) in [5.74, 6) is 0.841. The van der Waals surface area contributed by atoms with Crippen molar-refractivity contribution in [3.63, 3.8) is 0 Å². The first kappa shape index (κ1) is 18.5. The number of carbonyl (C=O) groups excluding carboxylic acids is 2. The van der Waals surface area contributed by atoms with E-state index in [4.69, 9.17) is 0 Å². The molecule has 0 aromatic heterocycles. The van der Waals surface area contributed by atoms with Crippen molar-refractivity contribution < 1.29 is 9.59 Å². The zero-order chi connectivity index (χ0) is 16.9. The summed E-state index contributed by atoms with van der Waals surface area (Å²) in [6.45, 7) is 5.66. The lowest BCUT2D eigenvalue weighted by Gasteiger charge is -2.52. The molecule has 0 unspecified atom stereocenters. The molecule has 1 aliphatic carbocycles. The predicted octanol–water partition coefficient (Wildman–Crippen LogP) is 0.200. The first-order chi connectivity index (χ1) is 10.1. The molecule has 8 nitrogen and oxygen atoms in total. The second-order valence-corrected chi connectivity index (χ2v) is 6.88. The van der Waals surface area contributed by atoms with Gasteiger partial charge >= 0.3 is 12.1 Å². The number of hydrazine groups is 2. The van der Waals surface area contributed by atoms with Gasteiger partial charge in [0.05, 0.1) is 0 Å². The lowest BCUT2D eigenvalue weighted by molar-refractivity contribution is -0.0151. The fourth-order valence-electron chi connectivity index (χ4n) is 2.73. The summed E-state index contributed by atoms with van der Waals surface area (Å²) in [5.41, 5.74) is 5.41. The lowest BCUT2D eigenvalue weighted by atomic mass is 9.54. The van der Waals surface area contributed by atoms with Crippen LogP contribution in [0.4, 0.5) is 9.59 Å². The normalized spacial score (nSPS) is 22.9. The molecule has 128 valence electrons. The molecule has 0 heterocycles. The van der Waals surface area contributed by atoms with Crippen molar-refractivity contribution >= 4 is 12.1 Å². The molecular weight excluding hydrogens is 284 g/mol. The highest BCUT2D eigenvalue weighted by atomic mass is 16.2. The summed E-state index contributed by atoms with van der Waals surface area (Å²) in [5, 5.41) is 8.99. The molecule has 1 saturated carbocycles. The van der Waals surface area contributed by atoms with E-state index in [-0.39, 0.29) is 17.5 Å². The average molecular weight is 314 g/mol. The summed E-state index contributed by atoms with van der Waals surface area (Å²) in [6, 6.07) is -0.375. The molecule has 0 radical (unpaired) electrons. The summed E-state index contributed by atoms with van der Waals surface area (Å²) < 4.78 is 0. The van der Waals surface area contributed by atoms with Crippen molar-refractivity contribution in [2.75, 3.05) is 41.3 Å². The number of nitrogens with one attached hydrogen (secondary N) is 4. The number of nitrogens with zero attached hydrogens (tertiary/aromatic N) is 2. The van der Waals surface area contributed by atoms with Crippen molar-refractivity contribution in [3.8, 4) is 0 Å². The second kappa shape index (κ2) is 7.64. The minimum absolute atomic E-state index is 0.0940. The molecule has 0 aromatic rings. The highest BCUT2D eigenvalue weighted by molar-refractivity contribution is 5.73. The Morgan fingerprint density at radius 2 is 1.27 bits per heavy atom. The van der Waals surface area contributed by atoms with Crippen molar-refractivity contribution in [1.29, 1.82) is 0 Å². The quantitative estimate of drug-likeness (QED) is 0.527. The molecular formula is C14H30N6O2. The largest absolute Gasteiger partial charge is 0.337 e. The number of urea groups is 2. The van der Waals surface area contributed by atoms with Crippen LogP contribution >= 0.6 is 0 Å². The van der Waals surface area contributed by atoms with Gasteiger partial charge in [0.1, 0.15) is 0 Å². The molecule has 0 aromatic carbocycles. The number of rotatable bonds is 6. The second-order valence-electron chi connectivity index (χ2n) is 6.88. The van der Waals surface area contributed by atoms with E-state index in [0.717, 1.165) is 6.42 Å². The minimum Gasteiger partial charge on any atom is -0.337 e. The summed E-state index contributed by atoms with van der Waals surface area (Å²) in [6.07, 6.45) is 0.998. The first-order valence-electron chi connectivity index (χ1n) is 7.56. The fraction of sp³-hybridized carbons (Fsp3) is 0.857. The van der Waals surface area contributed by atoms with Crippen LogP contribution in [-0.4, -0.2) is 63.4 Å². The van der Waals surface area contributed by atoms with Gasteiger partial charge in [-0.2, -0.15) is 0 Å². The van der Waals surface area contributed by atoms with Crippen LogP contribution in [0, 0.1) is 17.3 Å². The molecule has 1 fully saturated rings. The summed E-state index contributed by atoms with van der Waals surface area (Å²) in [7, 11) is 7.08. The zero-order valence-electron chi connectivity index (χ0n) is 14.5. The van der Waals surface area contributed by atoms with E-state index in [0.29, 0.717) is 24.9 Å². The Balaban J connectivity index is 2.30. The predicted molar refractivity (Wildman–Crippen MR) is 85.8 cm³/mol. The van der Waals surface area contributed by atoms with Gasteiger partial charge in [0.2, 0.25) is 0 Å². The Kier molecular flexibility index (Phi) is 6.43. The summed E-state index contributed by atoms with van der Waals surface area (Å²) in [4.78, 5) is 23.1. The van der Waals surface area contributed by atoms with Gasteiger partial charge in [0.15, 0.2) is 0 Å². The van der Waals surface area contributed by atoms with Gasteiger partial charge in [-0.15, -0.1) is 0 Å². The molecule has 0 saturated heterocycles. The highest BCUT2D eigenvalue weighted by Crippen LogP contribution is 2.50. The maximum Gasteiger partial charge on any atom is 0.329 e. The maximum absolute atomic E-state index is 11.6. The Morgan fingerprint density at radius 1 is 0.909 bits per heavy atom. The van der Waals surface area contributed by atoms with E-state index in [9.17, 15) is 9.59 Å². The SMILES string of the molecule is CN(C)NC(=O)NC[C@@H]1C[C@H](CNC(=O)NN(C)C)C1(C)C. The van der Waals surface area contributed by atoms with Gasteiger partial charge in [0.25, 0.3) is 0 Å². The molecule has 0 bridgehead atoms. The third kappa shape index (κ3) is 5.34. The van der Waals surface area contributed by atoms with Crippen LogP contribution in [0.2, 0.25) is 0 Å². The van der Waals surface area contributed by atoms with Gasteiger partial charge < -0.3 is 10.6 Å². The summed E-state index contributed by atoms with van der Waals surface area (Å²) >= 11 is 0. The monoisotopic (exact) mass is 314 g/mol. The number of amides is 4. The van der Waals surface area contributed by atoms with Crippen LogP contribution in [0.15, 0.2) is 0 Å². The Morgan fingerprint density at radius 3 is 1.55 bits per heavy atom. The van der Waals surface area contributed by atoms with Crippen LogP contribution in [0.25, 0.3) is 0 Å². The van der Waals surface area contributed by atoms with E-state index in [1.165, 1.54) is 0 Å². The molecule has 2 atom stereocenters. The molecule has 1 aliphatic rings. The minimum atomic E-state index is -0.187. The Labute approximate surface area is 132 Å². The van der Waals surface area contributed by atoms with E-state index in [1.54, 1.807) is 38.2 Å². The van der Waals surface area contributed by atoms with Gasteiger partial charge in [-0.25, -0.2) is 19.6 Å². The highest BCUT2D eigenvalue weighted by Gasteiger charge is 2.47. The number of hydrogen-bond donors (Lipinski definition) is 4. The van der Waals surface area contributed by atoms with E-state index >= 15 is 0 Å². The van der Waals surface area contributed by atoms with Crippen LogP contribution in [0.5, 0.6) is 0 Å². The molecule has 1 rings (SSSR count). The van der Waals surface area contributed by atoms with Gasteiger partial charge in [0, 0.05) is 41.3 Å². The molecule has 0 spiro atoms. The first-order valence-corrected chi connectivity index (χ1v) is 7.56. The molecule has 4 amide bonds. The van der Waals surface area contributed by atoms with Crippen LogP contribution in [0.3, 0.4) is 0 Å². The van der Waals surface area contributed by atoms with E-state index in [1.807, 2.05) is 0 Å². The van der Waals surface area contributed by atoms with E-state index < -0.39 is 0 Å².